The van der Waals surface area contributed by atoms with Gasteiger partial charge in [0.15, 0.2) is 0 Å². The third kappa shape index (κ3) is 3.12. The summed E-state index contributed by atoms with van der Waals surface area (Å²) in [6.45, 7) is 0. The molecule has 3 heteroatoms. The third-order valence-corrected chi connectivity index (χ3v) is 4.63. The van der Waals surface area contributed by atoms with E-state index < -0.39 is 0 Å². The molecule has 114 valence electrons. The first kappa shape index (κ1) is 15.0. The van der Waals surface area contributed by atoms with Crippen LogP contribution >= 0.6 is 11.6 Å². The van der Waals surface area contributed by atoms with Gasteiger partial charge in [-0.2, -0.15) is 0 Å². The molecule has 1 aliphatic carbocycles. The van der Waals surface area contributed by atoms with Crippen molar-refractivity contribution in [1.29, 1.82) is 0 Å². The molecular formula is C19H19ClO2. The molecule has 1 fully saturated rings. The molecule has 22 heavy (non-hydrogen) atoms. The lowest BCUT2D eigenvalue weighted by molar-refractivity contribution is 0.428. The number of hydrogen-bond acceptors (Lipinski definition) is 2. The molecule has 0 unspecified atom stereocenters. The van der Waals surface area contributed by atoms with Crippen molar-refractivity contribution in [3.05, 3.63) is 58.1 Å². The van der Waals surface area contributed by atoms with E-state index in [0.717, 1.165) is 36.8 Å². The van der Waals surface area contributed by atoms with Crippen molar-refractivity contribution in [1.82, 2.24) is 0 Å². The Morgan fingerprint density at radius 3 is 2.23 bits per heavy atom. The maximum Gasteiger partial charge on any atom is 0.123 e. The van der Waals surface area contributed by atoms with Crippen LogP contribution in [0, 0.1) is 0 Å². The van der Waals surface area contributed by atoms with E-state index in [1.165, 1.54) is 0 Å². The van der Waals surface area contributed by atoms with Crippen molar-refractivity contribution in [2.75, 3.05) is 0 Å². The number of hydrogen-bond donors (Lipinski definition) is 2. The molecule has 0 amide bonds. The van der Waals surface area contributed by atoms with Gasteiger partial charge in [-0.05, 0) is 48.1 Å². The molecule has 0 aromatic heterocycles. The molecule has 0 saturated heterocycles. The van der Waals surface area contributed by atoms with Crippen molar-refractivity contribution in [2.24, 2.45) is 0 Å². The molecule has 1 saturated carbocycles. The van der Waals surface area contributed by atoms with Gasteiger partial charge in [-0.1, -0.05) is 54.8 Å². The Kier molecular flexibility index (Phi) is 4.39. The molecular weight excluding hydrogens is 296 g/mol. The van der Waals surface area contributed by atoms with E-state index >= 15 is 0 Å². The van der Waals surface area contributed by atoms with E-state index in [2.05, 4.69) is 0 Å². The fourth-order valence-corrected chi connectivity index (χ4v) is 3.37. The first-order valence-corrected chi connectivity index (χ1v) is 8.01. The topological polar surface area (TPSA) is 40.5 Å². The molecule has 3 rings (SSSR count). The number of phenols is 2. The number of aromatic hydroxyl groups is 2. The fraction of sp³-hybridized carbons (Fsp3) is 0.263. The van der Waals surface area contributed by atoms with Gasteiger partial charge in [0.05, 0.1) is 0 Å². The predicted octanol–water partition coefficient (Wildman–Crippen LogP) is 5.58. The second-order valence-corrected chi connectivity index (χ2v) is 6.22. The summed E-state index contributed by atoms with van der Waals surface area (Å²) in [5.41, 5.74) is 2.37. The number of rotatable bonds is 3. The highest BCUT2D eigenvalue weighted by Crippen LogP contribution is 2.43. The summed E-state index contributed by atoms with van der Waals surface area (Å²) in [5.74, 6) is 0.651. The van der Waals surface area contributed by atoms with Crippen LogP contribution in [-0.4, -0.2) is 10.2 Å². The summed E-state index contributed by atoms with van der Waals surface area (Å²) in [7, 11) is 0. The molecule has 2 aromatic carbocycles. The largest absolute Gasteiger partial charge is 0.507 e. The highest BCUT2D eigenvalue weighted by Gasteiger charge is 2.23. The van der Waals surface area contributed by atoms with Crippen molar-refractivity contribution in [3.63, 3.8) is 0 Å². The Morgan fingerprint density at radius 2 is 1.59 bits per heavy atom. The first-order chi connectivity index (χ1) is 10.6. The van der Waals surface area contributed by atoms with Crippen molar-refractivity contribution in [2.45, 2.75) is 31.6 Å². The minimum Gasteiger partial charge on any atom is -0.507 e. The van der Waals surface area contributed by atoms with Crippen LogP contribution in [0.1, 0.15) is 48.3 Å². The van der Waals surface area contributed by atoms with Gasteiger partial charge in [-0.25, -0.2) is 0 Å². The summed E-state index contributed by atoms with van der Waals surface area (Å²) < 4.78 is 0. The van der Waals surface area contributed by atoms with Crippen LogP contribution in [0.25, 0.3) is 12.2 Å². The molecule has 0 radical (unpaired) electrons. The van der Waals surface area contributed by atoms with E-state index in [1.807, 2.05) is 36.4 Å². The van der Waals surface area contributed by atoms with Crippen molar-refractivity contribution >= 4 is 23.8 Å². The summed E-state index contributed by atoms with van der Waals surface area (Å²) in [4.78, 5) is 0. The van der Waals surface area contributed by atoms with Crippen LogP contribution in [-0.2, 0) is 0 Å². The zero-order chi connectivity index (χ0) is 15.5. The highest BCUT2D eigenvalue weighted by molar-refractivity contribution is 6.32. The van der Waals surface area contributed by atoms with Gasteiger partial charge >= 0.3 is 0 Å². The van der Waals surface area contributed by atoms with Crippen LogP contribution in [0.5, 0.6) is 11.5 Å². The first-order valence-electron chi connectivity index (χ1n) is 7.63. The summed E-state index contributed by atoms with van der Waals surface area (Å²) >= 11 is 6.11. The Bertz CT molecular complexity index is 677. The predicted molar refractivity (Wildman–Crippen MR) is 91.4 cm³/mol. The maximum absolute atomic E-state index is 10.3. The van der Waals surface area contributed by atoms with Crippen LogP contribution < -0.4 is 0 Å². The van der Waals surface area contributed by atoms with Gasteiger partial charge in [0.2, 0.25) is 0 Å². The summed E-state index contributed by atoms with van der Waals surface area (Å²) in [5, 5.41) is 21.2. The van der Waals surface area contributed by atoms with E-state index in [9.17, 15) is 10.2 Å². The zero-order valence-corrected chi connectivity index (χ0v) is 13.1. The number of phenolic OH excluding ortho intramolecular Hbond substituents is 2. The van der Waals surface area contributed by atoms with Gasteiger partial charge in [0, 0.05) is 10.6 Å². The molecule has 0 heterocycles. The lowest BCUT2D eigenvalue weighted by Gasteiger charge is -2.14. The van der Waals surface area contributed by atoms with Gasteiger partial charge in [0.1, 0.15) is 11.5 Å². The van der Waals surface area contributed by atoms with Gasteiger partial charge in [0.25, 0.3) is 0 Å². The van der Waals surface area contributed by atoms with E-state index in [0.29, 0.717) is 10.6 Å². The Morgan fingerprint density at radius 1 is 0.955 bits per heavy atom. The van der Waals surface area contributed by atoms with Gasteiger partial charge in [-0.3, -0.25) is 0 Å². The lowest BCUT2D eigenvalue weighted by Crippen LogP contribution is -1.94. The van der Waals surface area contributed by atoms with Crippen LogP contribution in [0.15, 0.2) is 36.4 Å². The van der Waals surface area contributed by atoms with Crippen molar-refractivity contribution in [3.8, 4) is 11.5 Å². The fourth-order valence-electron chi connectivity index (χ4n) is 3.17. The van der Waals surface area contributed by atoms with E-state index in [-0.39, 0.29) is 17.4 Å². The lowest BCUT2D eigenvalue weighted by atomic mass is 9.94. The SMILES string of the molecule is Oc1cc(/C=C/c2ccccc2Cl)cc(O)c1C1CCCC1. The quantitative estimate of drug-likeness (QED) is 0.726. The number of benzene rings is 2. The maximum atomic E-state index is 10.3. The van der Waals surface area contributed by atoms with Crippen molar-refractivity contribution < 1.29 is 10.2 Å². The average Bonchev–Trinajstić information content (AvgIpc) is 3.00. The molecule has 0 bridgehead atoms. The molecule has 2 aromatic rings. The second-order valence-electron chi connectivity index (χ2n) is 5.81. The summed E-state index contributed by atoms with van der Waals surface area (Å²) in [6.07, 6.45) is 8.13. The molecule has 1 aliphatic rings. The summed E-state index contributed by atoms with van der Waals surface area (Å²) in [6, 6.07) is 11.0. The van der Waals surface area contributed by atoms with Crippen LogP contribution in [0.3, 0.4) is 0 Å². The van der Waals surface area contributed by atoms with E-state index in [4.69, 9.17) is 11.6 Å². The smallest absolute Gasteiger partial charge is 0.123 e. The zero-order valence-electron chi connectivity index (χ0n) is 12.3. The van der Waals surface area contributed by atoms with Crippen LogP contribution in [0.4, 0.5) is 0 Å². The Hall–Kier alpha value is -1.93. The van der Waals surface area contributed by atoms with Gasteiger partial charge < -0.3 is 10.2 Å². The average molecular weight is 315 g/mol. The van der Waals surface area contributed by atoms with E-state index in [1.54, 1.807) is 12.1 Å². The highest BCUT2D eigenvalue weighted by atomic mass is 35.5. The van der Waals surface area contributed by atoms with Gasteiger partial charge in [-0.15, -0.1) is 0 Å². The Balaban J connectivity index is 1.88. The molecule has 2 N–H and O–H groups in total. The standard InChI is InChI=1S/C19H19ClO2/c20-16-8-4-3-5-14(16)10-9-13-11-17(21)19(18(22)12-13)15-6-1-2-7-15/h3-5,8-12,15,21-22H,1-2,6-7H2/b10-9+. The molecule has 2 nitrogen and oxygen atoms in total. The monoisotopic (exact) mass is 314 g/mol. The second kappa shape index (κ2) is 6.45. The molecule has 0 aliphatic heterocycles. The minimum absolute atomic E-state index is 0.186. The Labute approximate surface area is 135 Å². The molecule has 0 atom stereocenters. The minimum atomic E-state index is 0.186. The van der Waals surface area contributed by atoms with Crippen LogP contribution in [0.2, 0.25) is 5.02 Å². The molecule has 0 spiro atoms. The normalized spacial score (nSPS) is 15.7. The third-order valence-electron chi connectivity index (χ3n) is 4.28. The number of halogens is 1.